The molecule has 0 aromatic heterocycles. The highest BCUT2D eigenvalue weighted by molar-refractivity contribution is 5.79. The smallest absolute Gasteiger partial charge is 0.410 e. The van der Waals surface area contributed by atoms with Gasteiger partial charge in [-0.2, -0.15) is 0 Å². The SMILES string of the molecule is CN(CCOCCOCCOCCOCCOCCOCCOCCOCCOCCN(C)C(=O)OC(C)(C)C)C(=O)OCC1c2ccccc2-c2ccccc21. The van der Waals surface area contributed by atoms with Crippen LogP contribution in [0.15, 0.2) is 48.5 Å². The van der Waals surface area contributed by atoms with Crippen LogP contribution in [0.5, 0.6) is 0 Å². The van der Waals surface area contributed by atoms with Crippen LogP contribution in [0.2, 0.25) is 0 Å². The molecule has 57 heavy (non-hydrogen) atoms. The van der Waals surface area contributed by atoms with E-state index in [1.54, 1.807) is 14.1 Å². The van der Waals surface area contributed by atoms with E-state index in [-0.39, 0.29) is 18.1 Å². The maximum Gasteiger partial charge on any atom is 0.410 e. The fraction of sp³-hybridized carbons (Fsp3) is 0.667. The van der Waals surface area contributed by atoms with Crippen molar-refractivity contribution in [2.75, 3.05) is 153 Å². The van der Waals surface area contributed by atoms with Crippen molar-refractivity contribution in [2.45, 2.75) is 32.3 Å². The van der Waals surface area contributed by atoms with Crippen LogP contribution in [-0.4, -0.2) is 180 Å². The zero-order valence-corrected chi connectivity index (χ0v) is 34.7. The van der Waals surface area contributed by atoms with Gasteiger partial charge in [0.05, 0.1) is 119 Å². The molecule has 2 aromatic rings. The summed E-state index contributed by atoms with van der Waals surface area (Å²) >= 11 is 0. The molecule has 15 nitrogen and oxygen atoms in total. The molecule has 0 saturated carbocycles. The van der Waals surface area contributed by atoms with Gasteiger partial charge in [-0.25, -0.2) is 9.59 Å². The predicted molar refractivity (Wildman–Crippen MR) is 214 cm³/mol. The first-order valence-corrected chi connectivity index (χ1v) is 19.9. The van der Waals surface area contributed by atoms with Crippen molar-refractivity contribution in [1.82, 2.24) is 9.80 Å². The summed E-state index contributed by atoms with van der Waals surface area (Å²) in [5.74, 6) is 0.0347. The van der Waals surface area contributed by atoms with Crippen molar-refractivity contribution in [3.8, 4) is 11.1 Å². The number of hydrogen-bond donors (Lipinski definition) is 0. The maximum atomic E-state index is 12.6. The normalized spacial score (nSPS) is 12.4. The number of amides is 2. The van der Waals surface area contributed by atoms with Crippen LogP contribution < -0.4 is 0 Å². The Kier molecular flexibility index (Phi) is 24.4. The zero-order valence-electron chi connectivity index (χ0n) is 34.7. The Morgan fingerprint density at radius 2 is 0.772 bits per heavy atom. The van der Waals surface area contributed by atoms with E-state index in [0.717, 1.165) is 0 Å². The molecule has 0 spiro atoms. The summed E-state index contributed by atoms with van der Waals surface area (Å²) in [5, 5.41) is 0. The van der Waals surface area contributed by atoms with Gasteiger partial charge in [-0.05, 0) is 43.0 Å². The van der Waals surface area contributed by atoms with Crippen LogP contribution in [-0.2, 0) is 52.1 Å². The van der Waals surface area contributed by atoms with Crippen LogP contribution >= 0.6 is 0 Å². The number of likely N-dealkylation sites (N-methyl/N-ethyl adjacent to an activating group) is 2. The van der Waals surface area contributed by atoms with Gasteiger partial charge in [0.2, 0.25) is 0 Å². The topological polar surface area (TPSA) is 142 Å². The molecule has 0 saturated heterocycles. The molecule has 322 valence electrons. The van der Waals surface area contributed by atoms with Gasteiger partial charge in [0.15, 0.2) is 0 Å². The molecule has 2 aromatic carbocycles. The van der Waals surface area contributed by atoms with Crippen molar-refractivity contribution in [1.29, 1.82) is 0 Å². The molecule has 0 radical (unpaired) electrons. The minimum atomic E-state index is -0.516. The number of nitrogens with zero attached hydrogens (tertiary/aromatic N) is 2. The van der Waals surface area contributed by atoms with Gasteiger partial charge >= 0.3 is 12.2 Å². The summed E-state index contributed by atoms with van der Waals surface area (Å²) in [7, 11) is 3.39. The van der Waals surface area contributed by atoms with Crippen molar-refractivity contribution in [2.24, 2.45) is 0 Å². The Bertz CT molecular complexity index is 1330. The Hall–Kier alpha value is -3.38. The minimum Gasteiger partial charge on any atom is -0.448 e. The third-order valence-corrected chi connectivity index (χ3v) is 8.47. The van der Waals surface area contributed by atoms with Crippen molar-refractivity contribution in [3.05, 3.63) is 59.7 Å². The monoisotopic (exact) mass is 806 g/mol. The fourth-order valence-corrected chi connectivity index (χ4v) is 5.49. The fourth-order valence-electron chi connectivity index (χ4n) is 5.49. The molecule has 0 aliphatic heterocycles. The van der Waals surface area contributed by atoms with Gasteiger partial charge in [0, 0.05) is 33.1 Å². The second kappa shape index (κ2) is 28.9. The van der Waals surface area contributed by atoms with Crippen LogP contribution in [0.25, 0.3) is 11.1 Å². The number of ether oxygens (including phenoxy) is 11. The van der Waals surface area contributed by atoms with Crippen LogP contribution in [0, 0.1) is 0 Å². The molecular formula is C42H66N2O13. The summed E-state index contributed by atoms with van der Waals surface area (Å²) in [5.41, 5.74) is 4.27. The highest BCUT2D eigenvalue weighted by Crippen LogP contribution is 2.44. The number of carbonyl (C=O) groups is 2. The molecule has 0 bridgehead atoms. The number of rotatable bonds is 32. The van der Waals surface area contributed by atoms with Gasteiger partial charge in [-0.1, -0.05) is 48.5 Å². The maximum absolute atomic E-state index is 12.6. The first-order valence-electron chi connectivity index (χ1n) is 19.9. The predicted octanol–water partition coefficient (Wildman–Crippen LogP) is 4.88. The largest absolute Gasteiger partial charge is 0.448 e. The van der Waals surface area contributed by atoms with Crippen molar-refractivity contribution >= 4 is 12.2 Å². The number of carbonyl (C=O) groups excluding carboxylic acids is 2. The van der Waals surface area contributed by atoms with Crippen LogP contribution in [0.1, 0.15) is 37.8 Å². The van der Waals surface area contributed by atoms with Crippen LogP contribution in [0.3, 0.4) is 0 Å². The minimum absolute atomic E-state index is 0.0347. The van der Waals surface area contributed by atoms with Gasteiger partial charge in [-0.15, -0.1) is 0 Å². The first-order chi connectivity index (χ1) is 27.7. The molecule has 0 unspecified atom stereocenters. The molecule has 1 aliphatic rings. The van der Waals surface area contributed by atoms with Gasteiger partial charge in [-0.3, -0.25) is 0 Å². The second-order valence-corrected chi connectivity index (χ2v) is 14.1. The van der Waals surface area contributed by atoms with E-state index < -0.39 is 5.60 Å². The van der Waals surface area contributed by atoms with Gasteiger partial charge in [0.1, 0.15) is 12.2 Å². The van der Waals surface area contributed by atoms with E-state index in [0.29, 0.717) is 139 Å². The Morgan fingerprint density at radius 1 is 0.474 bits per heavy atom. The summed E-state index contributed by atoms with van der Waals surface area (Å²) in [4.78, 5) is 27.5. The van der Waals surface area contributed by atoms with E-state index in [1.807, 2.05) is 45.0 Å². The lowest BCUT2D eigenvalue weighted by atomic mass is 9.98. The Balaban J connectivity index is 0.978. The molecule has 0 N–H and O–H groups in total. The Morgan fingerprint density at radius 3 is 1.11 bits per heavy atom. The zero-order chi connectivity index (χ0) is 41.0. The molecule has 15 heteroatoms. The van der Waals surface area contributed by atoms with Crippen LogP contribution in [0.4, 0.5) is 9.59 Å². The van der Waals surface area contributed by atoms with Gasteiger partial charge in [0.25, 0.3) is 0 Å². The quantitative estimate of drug-likeness (QED) is 0.0929. The average molecular weight is 807 g/mol. The second-order valence-electron chi connectivity index (χ2n) is 14.1. The molecule has 2 amide bonds. The summed E-state index contributed by atoms with van der Waals surface area (Å²) in [6.07, 6.45) is -0.736. The lowest BCUT2D eigenvalue weighted by Crippen LogP contribution is -2.36. The van der Waals surface area contributed by atoms with E-state index in [2.05, 4.69) is 24.3 Å². The third-order valence-electron chi connectivity index (χ3n) is 8.47. The summed E-state index contributed by atoms with van der Waals surface area (Å²) in [6.45, 7) is 14.9. The highest BCUT2D eigenvalue weighted by atomic mass is 16.6. The summed E-state index contributed by atoms with van der Waals surface area (Å²) < 4.78 is 60.6. The third kappa shape index (κ3) is 20.7. The van der Waals surface area contributed by atoms with Crippen molar-refractivity contribution < 1.29 is 61.7 Å². The molecule has 3 rings (SSSR count). The number of benzene rings is 2. The standard InChI is InChI=1S/C42H66N2O13/c1-42(2,3)57-41(46)44(5)15-17-48-19-21-50-23-25-52-27-29-54-31-33-55-32-30-53-28-26-51-24-22-49-20-18-47-16-14-43(4)40(45)56-34-39-37-12-8-6-10-35(37)36-11-7-9-13-38(36)39/h6-13,39H,14-34H2,1-5H3. The highest BCUT2D eigenvalue weighted by Gasteiger charge is 2.29. The van der Waals surface area contributed by atoms with E-state index in [9.17, 15) is 9.59 Å². The summed E-state index contributed by atoms with van der Waals surface area (Å²) in [6, 6.07) is 16.6. The molecule has 0 atom stereocenters. The lowest BCUT2D eigenvalue weighted by Gasteiger charge is -2.24. The van der Waals surface area contributed by atoms with E-state index in [4.69, 9.17) is 52.1 Å². The van der Waals surface area contributed by atoms with E-state index in [1.165, 1.54) is 32.1 Å². The van der Waals surface area contributed by atoms with Gasteiger partial charge < -0.3 is 61.9 Å². The molecule has 0 heterocycles. The number of hydrogen-bond acceptors (Lipinski definition) is 13. The average Bonchev–Trinajstić information content (AvgIpc) is 3.51. The van der Waals surface area contributed by atoms with E-state index >= 15 is 0 Å². The molecule has 0 fully saturated rings. The number of fused-ring (bicyclic) bond motifs is 3. The first kappa shape index (κ1) is 48.0. The van der Waals surface area contributed by atoms with Crippen molar-refractivity contribution in [3.63, 3.8) is 0 Å². The Labute approximate surface area is 339 Å². The molecule has 1 aliphatic carbocycles. The lowest BCUT2D eigenvalue weighted by molar-refractivity contribution is -0.0255. The molecular weight excluding hydrogens is 740 g/mol.